The Morgan fingerprint density at radius 1 is 1.67 bits per heavy atom. The highest BCUT2D eigenvalue weighted by Gasteiger charge is 2.31. The molecule has 1 aliphatic heterocycles. The van der Waals surface area contributed by atoms with Crippen molar-refractivity contribution < 1.29 is 19.8 Å². The molecule has 0 aromatic heterocycles. The maximum absolute atomic E-state index is 11.4. The van der Waals surface area contributed by atoms with Gasteiger partial charge in [0.1, 0.15) is 0 Å². The number of hydrogen-bond acceptors (Lipinski definition) is 5. The van der Waals surface area contributed by atoms with E-state index < -0.39 is 11.6 Å². The molecule has 2 unspecified atom stereocenters. The Morgan fingerprint density at radius 2 is 2.33 bits per heavy atom. The van der Waals surface area contributed by atoms with E-state index >= 15 is 0 Å². The van der Waals surface area contributed by atoms with Gasteiger partial charge < -0.3 is 15.5 Å². The van der Waals surface area contributed by atoms with E-state index in [9.17, 15) is 14.7 Å². The SMILES string of the molecule is CC(O)(CNC(=O)C1CSCN1)C(=O)O. The van der Waals surface area contributed by atoms with Crippen LogP contribution in [0.4, 0.5) is 0 Å². The van der Waals surface area contributed by atoms with Crippen LogP contribution in [0.3, 0.4) is 0 Å². The van der Waals surface area contributed by atoms with Gasteiger partial charge in [0.05, 0.1) is 12.6 Å². The lowest BCUT2D eigenvalue weighted by atomic mass is 10.1. The molecule has 0 bridgehead atoms. The number of carbonyl (C=O) groups excluding carboxylic acids is 1. The quantitative estimate of drug-likeness (QED) is 0.477. The molecular formula is C8H14N2O4S. The molecule has 4 N–H and O–H groups in total. The fraction of sp³-hybridized carbons (Fsp3) is 0.750. The zero-order valence-corrected chi connectivity index (χ0v) is 9.13. The summed E-state index contributed by atoms with van der Waals surface area (Å²) in [6.45, 7) is 0.858. The third-order valence-electron chi connectivity index (χ3n) is 2.10. The normalized spacial score (nSPS) is 24.5. The number of thioether (sulfide) groups is 1. The van der Waals surface area contributed by atoms with Crippen molar-refractivity contribution in [2.24, 2.45) is 0 Å². The van der Waals surface area contributed by atoms with Crippen LogP contribution in [0, 0.1) is 0 Å². The smallest absolute Gasteiger partial charge is 0.337 e. The lowest BCUT2D eigenvalue weighted by molar-refractivity contribution is -0.156. The van der Waals surface area contributed by atoms with E-state index in [2.05, 4.69) is 10.6 Å². The minimum absolute atomic E-state index is 0.276. The van der Waals surface area contributed by atoms with Gasteiger partial charge in [-0.15, -0.1) is 11.8 Å². The Kier molecular flexibility index (Phi) is 3.95. The van der Waals surface area contributed by atoms with Gasteiger partial charge in [-0.2, -0.15) is 0 Å². The van der Waals surface area contributed by atoms with Crippen molar-refractivity contribution in [1.29, 1.82) is 0 Å². The van der Waals surface area contributed by atoms with Gasteiger partial charge in [0.25, 0.3) is 0 Å². The molecule has 7 heteroatoms. The second-order valence-electron chi connectivity index (χ2n) is 3.57. The fourth-order valence-corrected chi connectivity index (χ4v) is 1.96. The van der Waals surface area contributed by atoms with Crippen molar-refractivity contribution in [3.63, 3.8) is 0 Å². The predicted molar refractivity (Wildman–Crippen MR) is 55.5 cm³/mol. The molecule has 0 aromatic carbocycles. The molecule has 1 rings (SSSR count). The van der Waals surface area contributed by atoms with Crippen LogP contribution in [0.2, 0.25) is 0 Å². The number of amides is 1. The first-order chi connectivity index (χ1) is 6.93. The summed E-state index contributed by atoms with van der Waals surface area (Å²) < 4.78 is 0. The molecule has 0 aliphatic carbocycles. The average molecular weight is 234 g/mol. The van der Waals surface area contributed by atoms with Crippen LogP contribution in [0.5, 0.6) is 0 Å². The molecule has 1 saturated heterocycles. The summed E-state index contributed by atoms with van der Waals surface area (Å²) >= 11 is 1.60. The van der Waals surface area contributed by atoms with E-state index in [0.29, 0.717) is 11.6 Å². The Bertz CT molecular complexity index is 263. The van der Waals surface area contributed by atoms with Crippen molar-refractivity contribution in [3.8, 4) is 0 Å². The molecule has 0 radical (unpaired) electrons. The minimum Gasteiger partial charge on any atom is -0.479 e. The molecular weight excluding hydrogens is 220 g/mol. The second kappa shape index (κ2) is 4.82. The van der Waals surface area contributed by atoms with Crippen LogP contribution >= 0.6 is 11.8 Å². The van der Waals surface area contributed by atoms with E-state index in [1.807, 2.05) is 0 Å². The molecule has 86 valence electrons. The number of aliphatic carboxylic acids is 1. The first-order valence-electron chi connectivity index (χ1n) is 4.48. The number of hydrogen-bond donors (Lipinski definition) is 4. The van der Waals surface area contributed by atoms with E-state index in [-0.39, 0.29) is 18.5 Å². The van der Waals surface area contributed by atoms with Crippen molar-refractivity contribution in [2.45, 2.75) is 18.6 Å². The summed E-state index contributed by atoms with van der Waals surface area (Å²) in [6.07, 6.45) is 0. The van der Waals surface area contributed by atoms with Gasteiger partial charge >= 0.3 is 5.97 Å². The Hall–Kier alpha value is -0.790. The van der Waals surface area contributed by atoms with Crippen molar-refractivity contribution >= 4 is 23.6 Å². The average Bonchev–Trinajstić information content (AvgIpc) is 2.66. The first-order valence-corrected chi connectivity index (χ1v) is 5.63. The summed E-state index contributed by atoms with van der Waals surface area (Å²) in [5.41, 5.74) is -1.92. The third-order valence-corrected chi connectivity index (χ3v) is 3.04. The zero-order valence-electron chi connectivity index (χ0n) is 8.32. The summed E-state index contributed by atoms with van der Waals surface area (Å²) in [7, 11) is 0. The molecule has 1 aliphatic rings. The molecule has 2 atom stereocenters. The van der Waals surface area contributed by atoms with Crippen molar-refractivity contribution in [3.05, 3.63) is 0 Å². The van der Waals surface area contributed by atoms with Gasteiger partial charge in [0.15, 0.2) is 5.60 Å². The summed E-state index contributed by atoms with van der Waals surface area (Å²) in [5.74, 6) is -0.243. The van der Waals surface area contributed by atoms with Gasteiger partial charge in [0.2, 0.25) is 5.91 Å². The number of carboxylic acids is 1. The highest BCUT2D eigenvalue weighted by molar-refractivity contribution is 7.99. The standard InChI is InChI=1S/C8H14N2O4S/c1-8(14,7(12)13)3-9-6(11)5-2-15-4-10-5/h5,10,14H,2-4H2,1H3,(H,9,11)(H,12,13). The fourth-order valence-electron chi connectivity index (χ4n) is 1.02. The van der Waals surface area contributed by atoms with Gasteiger partial charge in [-0.05, 0) is 6.92 Å². The van der Waals surface area contributed by atoms with Crippen LogP contribution in [-0.4, -0.2) is 51.9 Å². The number of carbonyl (C=O) groups is 2. The van der Waals surface area contributed by atoms with E-state index in [1.165, 1.54) is 0 Å². The highest BCUT2D eigenvalue weighted by atomic mass is 32.2. The minimum atomic E-state index is -1.92. The topological polar surface area (TPSA) is 98.7 Å². The van der Waals surface area contributed by atoms with Gasteiger partial charge in [-0.25, -0.2) is 4.79 Å². The molecule has 1 amide bonds. The number of nitrogens with one attached hydrogen (secondary N) is 2. The van der Waals surface area contributed by atoms with Crippen LogP contribution in [-0.2, 0) is 9.59 Å². The highest BCUT2D eigenvalue weighted by Crippen LogP contribution is 2.09. The Morgan fingerprint density at radius 3 is 2.80 bits per heavy atom. The van der Waals surface area contributed by atoms with Crippen molar-refractivity contribution in [2.75, 3.05) is 18.2 Å². The molecule has 1 heterocycles. The third kappa shape index (κ3) is 3.37. The van der Waals surface area contributed by atoms with Crippen LogP contribution < -0.4 is 10.6 Å². The van der Waals surface area contributed by atoms with Gasteiger partial charge in [0, 0.05) is 11.6 Å². The number of rotatable bonds is 4. The van der Waals surface area contributed by atoms with Crippen LogP contribution in [0.1, 0.15) is 6.92 Å². The number of carboxylic acid groups (broad SMARTS) is 1. The second-order valence-corrected chi connectivity index (χ2v) is 4.60. The predicted octanol–water partition coefficient (Wildman–Crippen LogP) is -1.40. The lowest BCUT2D eigenvalue weighted by Gasteiger charge is -2.19. The van der Waals surface area contributed by atoms with Crippen LogP contribution in [0.25, 0.3) is 0 Å². The largest absolute Gasteiger partial charge is 0.479 e. The Labute approximate surface area is 91.4 Å². The molecule has 6 nitrogen and oxygen atoms in total. The van der Waals surface area contributed by atoms with E-state index in [1.54, 1.807) is 11.8 Å². The molecule has 0 spiro atoms. The van der Waals surface area contributed by atoms with Gasteiger partial charge in [-0.1, -0.05) is 0 Å². The molecule has 0 aromatic rings. The van der Waals surface area contributed by atoms with E-state index in [4.69, 9.17) is 5.11 Å². The summed E-state index contributed by atoms with van der Waals surface area (Å²) in [6, 6.07) is -0.292. The first kappa shape index (κ1) is 12.3. The summed E-state index contributed by atoms with van der Waals surface area (Å²) in [5, 5.41) is 23.3. The van der Waals surface area contributed by atoms with Crippen LogP contribution in [0.15, 0.2) is 0 Å². The summed E-state index contributed by atoms with van der Waals surface area (Å²) in [4.78, 5) is 22.0. The molecule has 15 heavy (non-hydrogen) atoms. The van der Waals surface area contributed by atoms with Gasteiger partial charge in [-0.3, -0.25) is 10.1 Å². The van der Waals surface area contributed by atoms with E-state index in [0.717, 1.165) is 6.92 Å². The molecule has 1 fully saturated rings. The lowest BCUT2D eigenvalue weighted by Crippen LogP contribution is -2.50. The number of aliphatic hydroxyl groups is 1. The zero-order chi connectivity index (χ0) is 11.5. The monoisotopic (exact) mass is 234 g/mol. The molecule has 0 saturated carbocycles. The maximum Gasteiger partial charge on any atom is 0.337 e. The van der Waals surface area contributed by atoms with Crippen molar-refractivity contribution in [1.82, 2.24) is 10.6 Å². The Balaban J connectivity index is 2.36. The maximum atomic E-state index is 11.4.